The zero-order valence-corrected chi connectivity index (χ0v) is 12.6. The summed E-state index contributed by atoms with van der Waals surface area (Å²) in [6.45, 7) is 0. The summed E-state index contributed by atoms with van der Waals surface area (Å²) in [6, 6.07) is 13.9. The van der Waals surface area contributed by atoms with E-state index >= 15 is 0 Å². The normalized spacial score (nSPS) is 9.74. The van der Waals surface area contributed by atoms with E-state index < -0.39 is 0 Å². The zero-order valence-electron chi connectivity index (χ0n) is 9.65. The highest BCUT2D eigenvalue weighted by Crippen LogP contribution is 2.21. The highest BCUT2D eigenvalue weighted by Gasteiger charge is 2.10. The van der Waals surface area contributed by atoms with Crippen molar-refractivity contribution >= 4 is 45.8 Å². The molecule has 2 aromatic rings. The standard InChI is InChI=1S/C14H8ClIN2O/c15-11-7-9(5-6-12(11)16)14(19)18-13-4-2-1-3-10(13)8-17/h1-7H,(H,18,19). The number of carbonyl (C=O) groups is 1. The second-order valence-electron chi connectivity index (χ2n) is 3.74. The molecule has 3 nitrogen and oxygen atoms in total. The maximum Gasteiger partial charge on any atom is 0.255 e. The topological polar surface area (TPSA) is 52.9 Å². The number of amides is 1. The molecule has 1 N–H and O–H groups in total. The molecule has 19 heavy (non-hydrogen) atoms. The van der Waals surface area contributed by atoms with Gasteiger partial charge >= 0.3 is 0 Å². The van der Waals surface area contributed by atoms with Crippen LogP contribution in [0, 0.1) is 14.9 Å². The largest absolute Gasteiger partial charge is 0.321 e. The second-order valence-corrected chi connectivity index (χ2v) is 5.31. The number of halogens is 2. The molecule has 0 bridgehead atoms. The average Bonchev–Trinajstić information content (AvgIpc) is 2.42. The van der Waals surface area contributed by atoms with Crippen LogP contribution in [0.5, 0.6) is 0 Å². The fourth-order valence-electron chi connectivity index (χ4n) is 1.52. The molecule has 0 spiro atoms. The van der Waals surface area contributed by atoms with Crippen LogP contribution in [0.15, 0.2) is 42.5 Å². The molecule has 0 saturated carbocycles. The molecular weight excluding hydrogens is 375 g/mol. The molecule has 0 aliphatic rings. The first-order valence-corrected chi connectivity index (χ1v) is 6.83. The molecule has 0 heterocycles. The molecule has 0 fully saturated rings. The van der Waals surface area contributed by atoms with Crippen LogP contribution >= 0.6 is 34.2 Å². The molecule has 5 heteroatoms. The molecule has 0 aliphatic carbocycles. The van der Waals surface area contributed by atoms with E-state index in [1.54, 1.807) is 42.5 Å². The highest BCUT2D eigenvalue weighted by molar-refractivity contribution is 14.1. The van der Waals surface area contributed by atoms with Crippen LogP contribution in [0.2, 0.25) is 5.02 Å². The number of benzene rings is 2. The van der Waals surface area contributed by atoms with Gasteiger partial charge in [0.05, 0.1) is 16.3 Å². The Morgan fingerprint density at radius 1 is 1.26 bits per heavy atom. The molecule has 0 aliphatic heterocycles. The smallest absolute Gasteiger partial charge is 0.255 e. The maximum absolute atomic E-state index is 12.1. The second kappa shape index (κ2) is 6.04. The van der Waals surface area contributed by atoms with Gasteiger partial charge in [0.15, 0.2) is 0 Å². The first-order valence-electron chi connectivity index (χ1n) is 5.37. The predicted molar refractivity (Wildman–Crippen MR) is 83.3 cm³/mol. The number of rotatable bonds is 2. The number of nitrogens with zero attached hydrogens (tertiary/aromatic N) is 1. The summed E-state index contributed by atoms with van der Waals surface area (Å²) < 4.78 is 0.883. The third-order valence-electron chi connectivity index (χ3n) is 2.48. The van der Waals surface area contributed by atoms with E-state index in [9.17, 15) is 4.79 Å². The number of carbonyl (C=O) groups excluding carboxylic acids is 1. The predicted octanol–water partition coefficient (Wildman–Crippen LogP) is 4.07. The van der Waals surface area contributed by atoms with Gasteiger partial charge < -0.3 is 5.32 Å². The van der Waals surface area contributed by atoms with Crippen molar-refractivity contribution in [2.24, 2.45) is 0 Å². The minimum atomic E-state index is -0.291. The molecule has 2 aromatic carbocycles. The Balaban J connectivity index is 2.26. The van der Waals surface area contributed by atoms with Gasteiger partial charge in [0, 0.05) is 9.13 Å². The molecular formula is C14H8ClIN2O. The van der Waals surface area contributed by atoms with Crippen LogP contribution in [0.4, 0.5) is 5.69 Å². The van der Waals surface area contributed by atoms with Crippen molar-refractivity contribution in [3.8, 4) is 6.07 Å². The Morgan fingerprint density at radius 3 is 2.68 bits per heavy atom. The Morgan fingerprint density at radius 2 is 2.00 bits per heavy atom. The highest BCUT2D eigenvalue weighted by atomic mass is 127. The van der Waals surface area contributed by atoms with Crippen molar-refractivity contribution in [2.75, 3.05) is 5.32 Å². The van der Waals surface area contributed by atoms with E-state index in [1.807, 2.05) is 6.07 Å². The van der Waals surface area contributed by atoms with Crippen molar-refractivity contribution in [3.63, 3.8) is 0 Å². The van der Waals surface area contributed by atoms with Gasteiger partial charge in [-0.25, -0.2) is 0 Å². The number of para-hydroxylation sites is 1. The van der Waals surface area contributed by atoms with Gasteiger partial charge in [-0.3, -0.25) is 4.79 Å². The van der Waals surface area contributed by atoms with Crippen LogP contribution in [-0.4, -0.2) is 5.91 Å². The van der Waals surface area contributed by atoms with E-state index in [0.29, 0.717) is 21.8 Å². The van der Waals surface area contributed by atoms with Gasteiger partial charge in [0.25, 0.3) is 5.91 Å². The Bertz CT molecular complexity index is 679. The van der Waals surface area contributed by atoms with Crippen LogP contribution < -0.4 is 5.32 Å². The molecule has 0 saturated heterocycles. The van der Waals surface area contributed by atoms with Crippen molar-refractivity contribution in [2.45, 2.75) is 0 Å². The van der Waals surface area contributed by atoms with Crippen molar-refractivity contribution < 1.29 is 4.79 Å². The molecule has 0 atom stereocenters. The van der Waals surface area contributed by atoms with E-state index in [4.69, 9.17) is 16.9 Å². The van der Waals surface area contributed by atoms with Crippen LogP contribution in [0.3, 0.4) is 0 Å². The van der Waals surface area contributed by atoms with E-state index in [0.717, 1.165) is 3.57 Å². The number of hydrogen-bond donors (Lipinski definition) is 1. The Kier molecular flexibility index (Phi) is 4.40. The maximum atomic E-state index is 12.1. The third kappa shape index (κ3) is 3.25. The Hall–Kier alpha value is -1.58. The first kappa shape index (κ1) is 13.8. The molecule has 94 valence electrons. The average molecular weight is 383 g/mol. The van der Waals surface area contributed by atoms with Crippen LogP contribution in [-0.2, 0) is 0 Å². The van der Waals surface area contributed by atoms with Crippen LogP contribution in [0.25, 0.3) is 0 Å². The Labute approximate surface area is 129 Å². The molecule has 0 radical (unpaired) electrons. The minimum Gasteiger partial charge on any atom is -0.321 e. The fraction of sp³-hybridized carbons (Fsp3) is 0. The van der Waals surface area contributed by atoms with Gasteiger partial charge in [0.2, 0.25) is 0 Å². The first-order chi connectivity index (χ1) is 9.11. The van der Waals surface area contributed by atoms with E-state index in [-0.39, 0.29) is 5.91 Å². The van der Waals surface area contributed by atoms with Crippen LogP contribution in [0.1, 0.15) is 15.9 Å². The summed E-state index contributed by atoms with van der Waals surface area (Å²) in [5.41, 5.74) is 1.37. The molecule has 0 aromatic heterocycles. The lowest BCUT2D eigenvalue weighted by atomic mass is 10.1. The summed E-state index contributed by atoms with van der Waals surface area (Å²) in [5.74, 6) is -0.291. The lowest BCUT2D eigenvalue weighted by Crippen LogP contribution is -2.12. The monoisotopic (exact) mass is 382 g/mol. The SMILES string of the molecule is N#Cc1ccccc1NC(=O)c1ccc(I)c(Cl)c1. The van der Waals surface area contributed by atoms with Gasteiger partial charge in [-0.05, 0) is 52.9 Å². The number of hydrogen-bond acceptors (Lipinski definition) is 2. The van der Waals surface area contributed by atoms with Gasteiger partial charge in [-0.1, -0.05) is 23.7 Å². The summed E-state index contributed by atoms with van der Waals surface area (Å²) in [6.07, 6.45) is 0. The lowest BCUT2D eigenvalue weighted by Gasteiger charge is -2.07. The van der Waals surface area contributed by atoms with Crippen molar-refractivity contribution in [1.29, 1.82) is 5.26 Å². The van der Waals surface area contributed by atoms with Gasteiger partial charge in [0.1, 0.15) is 6.07 Å². The number of nitrogens with one attached hydrogen (secondary N) is 1. The number of nitriles is 1. The lowest BCUT2D eigenvalue weighted by molar-refractivity contribution is 0.102. The van der Waals surface area contributed by atoms with E-state index in [1.165, 1.54) is 0 Å². The quantitative estimate of drug-likeness (QED) is 0.796. The number of anilines is 1. The zero-order chi connectivity index (χ0) is 13.8. The summed E-state index contributed by atoms with van der Waals surface area (Å²) in [5, 5.41) is 12.2. The summed E-state index contributed by atoms with van der Waals surface area (Å²) in [4.78, 5) is 12.1. The molecule has 0 unspecified atom stereocenters. The summed E-state index contributed by atoms with van der Waals surface area (Å²) >= 11 is 8.07. The fourth-order valence-corrected chi connectivity index (χ4v) is 2.04. The molecule has 1 amide bonds. The molecule has 2 rings (SSSR count). The van der Waals surface area contributed by atoms with Crippen molar-refractivity contribution in [1.82, 2.24) is 0 Å². The minimum absolute atomic E-state index is 0.291. The third-order valence-corrected chi connectivity index (χ3v) is 4.05. The van der Waals surface area contributed by atoms with Gasteiger partial charge in [-0.2, -0.15) is 5.26 Å². The van der Waals surface area contributed by atoms with E-state index in [2.05, 4.69) is 27.9 Å². The van der Waals surface area contributed by atoms with Gasteiger partial charge in [-0.15, -0.1) is 0 Å². The van der Waals surface area contributed by atoms with Crippen molar-refractivity contribution in [3.05, 3.63) is 62.2 Å². The summed E-state index contributed by atoms with van der Waals surface area (Å²) in [7, 11) is 0.